The Morgan fingerprint density at radius 1 is 1.00 bits per heavy atom. The molecule has 2 aromatic rings. The molecule has 0 aliphatic rings. The van der Waals surface area contributed by atoms with Gasteiger partial charge < -0.3 is 15.2 Å². The maximum Gasteiger partial charge on any atom is 0.407 e. The van der Waals surface area contributed by atoms with Gasteiger partial charge in [0.05, 0.1) is 12.6 Å². The second-order valence-corrected chi connectivity index (χ2v) is 5.11. The number of carbonyl (C=O) groups is 1. The molecule has 0 heterocycles. The van der Waals surface area contributed by atoms with Gasteiger partial charge in [-0.05, 0) is 24.0 Å². The maximum atomic E-state index is 11.8. The van der Waals surface area contributed by atoms with Crippen LogP contribution in [0.5, 0.6) is 0 Å². The van der Waals surface area contributed by atoms with Gasteiger partial charge >= 0.3 is 6.09 Å². The quantitative estimate of drug-likeness (QED) is 0.826. The van der Waals surface area contributed by atoms with E-state index in [0.717, 1.165) is 12.0 Å². The maximum absolute atomic E-state index is 11.8. The zero-order valence-electron chi connectivity index (χ0n) is 12.4. The summed E-state index contributed by atoms with van der Waals surface area (Å²) in [6.45, 7) is 0.122. The third-order valence-corrected chi connectivity index (χ3v) is 3.38. The number of aliphatic hydroxyl groups is 1. The van der Waals surface area contributed by atoms with Crippen LogP contribution in [0.25, 0.3) is 0 Å². The van der Waals surface area contributed by atoms with Crippen LogP contribution < -0.4 is 5.32 Å². The summed E-state index contributed by atoms with van der Waals surface area (Å²) in [7, 11) is 0. The van der Waals surface area contributed by atoms with Crippen molar-refractivity contribution < 1.29 is 14.6 Å². The number of aliphatic hydroxyl groups excluding tert-OH is 1. The van der Waals surface area contributed by atoms with Crippen LogP contribution in [-0.4, -0.2) is 23.8 Å². The van der Waals surface area contributed by atoms with Crippen LogP contribution in [0.3, 0.4) is 0 Å². The van der Waals surface area contributed by atoms with Crippen molar-refractivity contribution in [2.75, 3.05) is 6.61 Å². The molecule has 22 heavy (non-hydrogen) atoms. The third-order valence-electron chi connectivity index (χ3n) is 3.38. The Balaban J connectivity index is 1.73. The van der Waals surface area contributed by atoms with Crippen LogP contribution in [0.2, 0.25) is 0 Å². The van der Waals surface area contributed by atoms with Crippen molar-refractivity contribution in [3.63, 3.8) is 0 Å². The summed E-state index contributed by atoms with van der Waals surface area (Å²) in [4.78, 5) is 11.8. The van der Waals surface area contributed by atoms with E-state index < -0.39 is 6.09 Å². The summed E-state index contributed by atoms with van der Waals surface area (Å²) < 4.78 is 5.15. The molecule has 2 aromatic carbocycles. The second-order valence-electron chi connectivity index (χ2n) is 5.11. The topological polar surface area (TPSA) is 58.6 Å². The molecule has 0 saturated carbocycles. The van der Waals surface area contributed by atoms with Gasteiger partial charge in [-0.1, -0.05) is 60.7 Å². The van der Waals surface area contributed by atoms with E-state index in [4.69, 9.17) is 4.74 Å². The first-order chi connectivity index (χ1) is 10.8. The SMILES string of the molecule is O=C(N[C@@H](CO)CCc1ccccc1)OCc1ccccc1. The number of hydrogen-bond donors (Lipinski definition) is 2. The van der Waals surface area contributed by atoms with Crippen LogP contribution >= 0.6 is 0 Å². The number of alkyl carbamates (subject to hydrolysis) is 1. The number of aryl methyl sites for hydroxylation is 1. The Bertz CT molecular complexity index is 557. The Morgan fingerprint density at radius 3 is 2.18 bits per heavy atom. The standard InChI is InChI=1S/C18H21NO3/c20-13-17(12-11-15-7-3-1-4-8-15)19-18(21)22-14-16-9-5-2-6-10-16/h1-10,17,20H,11-14H2,(H,19,21)/t17-/m1/s1. The first-order valence-corrected chi connectivity index (χ1v) is 7.40. The summed E-state index contributed by atoms with van der Waals surface area (Å²) >= 11 is 0. The molecule has 116 valence electrons. The fourth-order valence-electron chi connectivity index (χ4n) is 2.13. The monoisotopic (exact) mass is 299 g/mol. The van der Waals surface area contributed by atoms with Crippen molar-refractivity contribution in [2.45, 2.75) is 25.5 Å². The van der Waals surface area contributed by atoms with E-state index in [2.05, 4.69) is 5.32 Å². The molecule has 0 aromatic heterocycles. The number of carbonyl (C=O) groups excluding carboxylic acids is 1. The van der Waals surface area contributed by atoms with Crippen molar-refractivity contribution in [3.8, 4) is 0 Å². The van der Waals surface area contributed by atoms with Crippen LogP contribution in [0.4, 0.5) is 4.79 Å². The Kier molecular flexibility index (Phi) is 6.45. The lowest BCUT2D eigenvalue weighted by Crippen LogP contribution is -2.38. The second kappa shape index (κ2) is 8.85. The normalized spacial score (nSPS) is 11.7. The van der Waals surface area contributed by atoms with Crippen molar-refractivity contribution in [1.82, 2.24) is 5.32 Å². The van der Waals surface area contributed by atoms with Crippen LogP contribution in [-0.2, 0) is 17.8 Å². The van der Waals surface area contributed by atoms with E-state index in [0.29, 0.717) is 6.42 Å². The lowest BCUT2D eigenvalue weighted by molar-refractivity contribution is 0.128. The van der Waals surface area contributed by atoms with E-state index in [-0.39, 0.29) is 19.3 Å². The predicted molar refractivity (Wildman–Crippen MR) is 85.4 cm³/mol. The zero-order chi connectivity index (χ0) is 15.6. The van der Waals surface area contributed by atoms with Gasteiger partial charge in [-0.3, -0.25) is 0 Å². The number of benzene rings is 2. The molecule has 2 rings (SSSR count). The third kappa shape index (κ3) is 5.58. The molecule has 2 N–H and O–H groups in total. The van der Waals surface area contributed by atoms with E-state index in [1.54, 1.807) is 0 Å². The van der Waals surface area contributed by atoms with E-state index in [1.807, 2.05) is 60.7 Å². The molecule has 0 spiro atoms. The van der Waals surface area contributed by atoms with Crippen molar-refractivity contribution >= 4 is 6.09 Å². The van der Waals surface area contributed by atoms with Gasteiger partial charge in [0.15, 0.2) is 0 Å². The molecular weight excluding hydrogens is 278 g/mol. The van der Waals surface area contributed by atoms with Crippen LogP contribution in [0.1, 0.15) is 17.5 Å². The van der Waals surface area contributed by atoms with Gasteiger partial charge in [0.2, 0.25) is 0 Å². The molecule has 0 bridgehead atoms. The summed E-state index contributed by atoms with van der Waals surface area (Å²) in [6.07, 6.45) is 0.961. The van der Waals surface area contributed by atoms with E-state index in [1.165, 1.54) is 5.56 Å². The first kappa shape index (κ1) is 16.0. The zero-order valence-corrected chi connectivity index (χ0v) is 12.4. The average Bonchev–Trinajstić information content (AvgIpc) is 2.58. The van der Waals surface area contributed by atoms with Gasteiger partial charge in [-0.2, -0.15) is 0 Å². The summed E-state index contributed by atoms with van der Waals surface area (Å²) in [6, 6.07) is 19.2. The molecule has 4 heteroatoms. The number of ether oxygens (including phenoxy) is 1. The highest BCUT2D eigenvalue weighted by Gasteiger charge is 2.12. The molecular formula is C18H21NO3. The van der Waals surface area contributed by atoms with Gasteiger partial charge in [0.1, 0.15) is 6.61 Å². The summed E-state index contributed by atoms with van der Waals surface area (Å²) in [5.74, 6) is 0. The number of amides is 1. The van der Waals surface area contributed by atoms with Gasteiger partial charge in [0, 0.05) is 0 Å². The smallest absolute Gasteiger partial charge is 0.407 e. The lowest BCUT2D eigenvalue weighted by Gasteiger charge is -2.16. The molecule has 0 aliphatic heterocycles. The Labute approximate surface area is 130 Å². The fourth-order valence-corrected chi connectivity index (χ4v) is 2.13. The molecule has 0 radical (unpaired) electrons. The molecule has 0 unspecified atom stereocenters. The van der Waals surface area contributed by atoms with Crippen molar-refractivity contribution in [3.05, 3.63) is 71.8 Å². The Morgan fingerprint density at radius 2 is 1.59 bits per heavy atom. The lowest BCUT2D eigenvalue weighted by atomic mass is 10.1. The minimum atomic E-state index is -0.504. The molecule has 0 saturated heterocycles. The van der Waals surface area contributed by atoms with Crippen LogP contribution in [0, 0.1) is 0 Å². The minimum absolute atomic E-state index is 0.104. The highest BCUT2D eigenvalue weighted by atomic mass is 16.5. The largest absolute Gasteiger partial charge is 0.445 e. The predicted octanol–water partition coefficient (Wildman–Crippen LogP) is 2.91. The highest BCUT2D eigenvalue weighted by molar-refractivity contribution is 5.67. The molecule has 0 aliphatic carbocycles. The summed E-state index contributed by atoms with van der Waals surface area (Å²) in [5.41, 5.74) is 2.11. The number of nitrogens with one attached hydrogen (secondary N) is 1. The van der Waals surface area contributed by atoms with E-state index >= 15 is 0 Å². The van der Waals surface area contributed by atoms with Crippen molar-refractivity contribution in [1.29, 1.82) is 0 Å². The van der Waals surface area contributed by atoms with Crippen LogP contribution in [0.15, 0.2) is 60.7 Å². The molecule has 1 atom stereocenters. The molecule has 1 amide bonds. The summed E-state index contributed by atoms with van der Waals surface area (Å²) in [5, 5.41) is 12.1. The Hall–Kier alpha value is -2.33. The van der Waals surface area contributed by atoms with Gasteiger partial charge in [-0.15, -0.1) is 0 Å². The average molecular weight is 299 g/mol. The number of hydrogen-bond acceptors (Lipinski definition) is 3. The van der Waals surface area contributed by atoms with Gasteiger partial charge in [0.25, 0.3) is 0 Å². The first-order valence-electron chi connectivity index (χ1n) is 7.40. The number of rotatable bonds is 7. The molecule has 0 fully saturated rings. The minimum Gasteiger partial charge on any atom is -0.445 e. The van der Waals surface area contributed by atoms with Crippen molar-refractivity contribution in [2.24, 2.45) is 0 Å². The molecule has 4 nitrogen and oxygen atoms in total. The fraction of sp³-hybridized carbons (Fsp3) is 0.278. The van der Waals surface area contributed by atoms with Gasteiger partial charge in [-0.25, -0.2) is 4.79 Å². The van der Waals surface area contributed by atoms with E-state index in [9.17, 15) is 9.90 Å². The highest BCUT2D eigenvalue weighted by Crippen LogP contribution is 2.06.